The number of hydrogen-bond acceptors (Lipinski definition) is 1. The molecule has 14 heavy (non-hydrogen) atoms. The molecule has 0 bridgehead atoms. The molecule has 0 unspecified atom stereocenters. The summed E-state index contributed by atoms with van der Waals surface area (Å²) in [5.74, 6) is 2.09. The zero-order valence-electron chi connectivity index (χ0n) is 9.43. The normalized spacial score (nSPS) is 30.4. The second-order valence-electron chi connectivity index (χ2n) is 5.29. The summed E-state index contributed by atoms with van der Waals surface area (Å²) < 4.78 is 0. The third-order valence-electron chi connectivity index (χ3n) is 4.11. The zero-order valence-corrected chi connectivity index (χ0v) is 9.43. The van der Waals surface area contributed by atoms with Gasteiger partial charge in [0.15, 0.2) is 0 Å². The monoisotopic (exact) mass is 195 g/mol. The van der Waals surface area contributed by atoms with E-state index in [1.165, 1.54) is 70.9 Å². The Morgan fingerprint density at radius 2 is 1.50 bits per heavy atom. The van der Waals surface area contributed by atoms with Crippen molar-refractivity contribution in [2.24, 2.45) is 11.8 Å². The fraction of sp³-hybridized carbons (Fsp3) is 1.00. The molecule has 1 aliphatic carbocycles. The molecule has 1 N–H and O–H groups in total. The van der Waals surface area contributed by atoms with E-state index in [9.17, 15) is 0 Å². The van der Waals surface area contributed by atoms with Gasteiger partial charge in [-0.1, -0.05) is 38.5 Å². The van der Waals surface area contributed by atoms with Crippen LogP contribution in [0.4, 0.5) is 0 Å². The van der Waals surface area contributed by atoms with Crippen molar-refractivity contribution in [3.05, 3.63) is 0 Å². The van der Waals surface area contributed by atoms with Crippen LogP contribution in [0.1, 0.15) is 57.8 Å². The smallest absolute Gasteiger partial charge is 0.00205 e. The summed E-state index contributed by atoms with van der Waals surface area (Å²) in [5.41, 5.74) is 0. The molecule has 2 aliphatic rings. The summed E-state index contributed by atoms with van der Waals surface area (Å²) >= 11 is 0. The molecule has 0 aromatic carbocycles. The van der Waals surface area contributed by atoms with Crippen LogP contribution in [0.5, 0.6) is 0 Å². The summed E-state index contributed by atoms with van der Waals surface area (Å²) in [4.78, 5) is 0. The first-order chi connectivity index (χ1) is 6.95. The molecule has 2 rings (SSSR count). The van der Waals surface area contributed by atoms with E-state index < -0.39 is 0 Å². The van der Waals surface area contributed by atoms with Crippen LogP contribution in [-0.4, -0.2) is 13.1 Å². The van der Waals surface area contributed by atoms with Gasteiger partial charge in [-0.2, -0.15) is 0 Å². The van der Waals surface area contributed by atoms with Gasteiger partial charge in [0.1, 0.15) is 0 Å². The molecule has 1 heteroatoms. The van der Waals surface area contributed by atoms with E-state index in [4.69, 9.17) is 0 Å². The fourth-order valence-corrected chi connectivity index (χ4v) is 3.12. The van der Waals surface area contributed by atoms with Gasteiger partial charge in [0.2, 0.25) is 0 Å². The van der Waals surface area contributed by atoms with E-state index in [2.05, 4.69) is 5.32 Å². The topological polar surface area (TPSA) is 12.0 Å². The maximum Gasteiger partial charge on any atom is -0.00205 e. The Kier molecular flexibility index (Phi) is 4.30. The highest BCUT2D eigenvalue weighted by Crippen LogP contribution is 2.29. The van der Waals surface area contributed by atoms with Crippen LogP contribution in [0.15, 0.2) is 0 Å². The Labute approximate surface area is 88.7 Å². The Hall–Kier alpha value is -0.0400. The second-order valence-corrected chi connectivity index (χ2v) is 5.29. The second kappa shape index (κ2) is 5.75. The van der Waals surface area contributed by atoms with E-state index in [0.29, 0.717) is 0 Å². The molecule has 1 saturated heterocycles. The average Bonchev–Trinajstić information content (AvgIpc) is 2.29. The minimum absolute atomic E-state index is 1.01. The summed E-state index contributed by atoms with van der Waals surface area (Å²) in [5, 5.41) is 3.52. The first-order valence-electron chi connectivity index (χ1n) is 6.66. The molecular weight excluding hydrogens is 170 g/mol. The molecule has 0 aromatic heterocycles. The molecule has 82 valence electrons. The lowest BCUT2D eigenvalue weighted by atomic mass is 9.83. The van der Waals surface area contributed by atoms with Crippen LogP contribution >= 0.6 is 0 Å². The van der Waals surface area contributed by atoms with Crippen LogP contribution in [0.2, 0.25) is 0 Å². The maximum absolute atomic E-state index is 3.52. The van der Waals surface area contributed by atoms with Crippen molar-refractivity contribution in [1.82, 2.24) is 5.32 Å². The predicted octanol–water partition coefficient (Wildman–Crippen LogP) is 3.35. The third-order valence-corrected chi connectivity index (χ3v) is 4.11. The van der Waals surface area contributed by atoms with Crippen molar-refractivity contribution in [2.75, 3.05) is 13.1 Å². The summed E-state index contributed by atoms with van der Waals surface area (Å²) in [6.07, 6.45) is 13.5. The lowest BCUT2D eigenvalue weighted by Gasteiger charge is -2.26. The summed E-state index contributed by atoms with van der Waals surface area (Å²) in [6.45, 7) is 2.56. The minimum atomic E-state index is 1.01. The number of piperidine rings is 1. The minimum Gasteiger partial charge on any atom is -0.316 e. The van der Waals surface area contributed by atoms with Gasteiger partial charge in [-0.05, 0) is 44.2 Å². The molecule has 2 fully saturated rings. The van der Waals surface area contributed by atoms with E-state index in [1.807, 2.05) is 0 Å². The Morgan fingerprint density at radius 3 is 2.21 bits per heavy atom. The van der Waals surface area contributed by atoms with Gasteiger partial charge in [-0.25, -0.2) is 0 Å². The van der Waals surface area contributed by atoms with Crippen molar-refractivity contribution >= 4 is 0 Å². The first kappa shape index (κ1) is 10.5. The van der Waals surface area contributed by atoms with Crippen molar-refractivity contribution < 1.29 is 0 Å². The molecule has 0 aromatic rings. The van der Waals surface area contributed by atoms with E-state index >= 15 is 0 Å². The van der Waals surface area contributed by atoms with Gasteiger partial charge in [0, 0.05) is 0 Å². The highest BCUT2D eigenvalue weighted by molar-refractivity contribution is 4.72. The van der Waals surface area contributed by atoms with Gasteiger partial charge in [0.25, 0.3) is 0 Å². The molecule has 1 nitrogen and oxygen atoms in total. The van der Waals surface area contributed by atoms with Crippen molar-refractivity contribution in [2.45, 2.75) is 57.8 Å². The molecule has 1 heterocycles. The van der Waals surface area contributed by atoms with Crippen molar-refractivity contribution in [1.29, 1.82) is 0 Å². The zero-order chi connectivity index (χ0) is 9.64. The Morgan fingerprint density at radius 1 is 0.786 bits per heavy atom. The van der Waals surface area contributed by atoms with Crippen molar-refractivity contribution in [3.8, 4) is 0 Å². The number of rotatable bonds is 3. The Balaban J connectivity index is 1.60. The van der Waals surface area contributed by atoms with Crippen LogP contribution in [0, 0.1) is 11.8 Å². The van der Waals surface area contributed by atoms with E-state index in [1.54, 1.807) is 0 Å². The Bertz CT molecular complexity index is 125. The van der Waals surface area contributed by atoms with E-state index in [-0.39, 0.29) is 0 Å². The lowest BCUT2D eigenvalue weighted by molar-refractivity contribution is 0.282. The van der Waals surface area contributed by atoms with Crippen LogP contribution < -0.4 is 5.32 Å². The van der Waals surface area contributed by atoms with Crippen molar-refractivity contribution in [3.63, 3.8) is 0 Å². The molecule has 1 atom stereocenters. The van der Waals surface area contributed by atoms with Gasteiger partial charge < -0.3 is 5.32 Å². The average molecular weight is 195 g/mol. The largest absolute Gasteiger partial charge is 0.316 e. The molecule has 0 spiro atoms. The van der Waals surface area contributed by atoms with Crippen LogP contribution in [0.25, 0.3) is 0 Å². The highest BCUT2D eigenvalue weighted by Gasteiger charge is 2.17. The molecule has 1 aliphatic heterocycles. The van der Waals surface area contributed by atoms with Gasteiger partial charge in [0.05, 0.1) is 0 Å². The number of hydrogen-bond donors (Lipinski definition) is 1. The first-order valence-corrected chi connectivity index (χ1v) is 6.66. The summed E-state index contributed by atoms with van der Waals surface area (Å²) in [7, 11) is 0. The standard InChI is InChI=1S/C13H25N/c1-2-5-12(6-3-1)8-9-13-7-4-10-14-11-13/h12-14H,1-11H2/t13-/m1/s1. The molecule has 0 radical (unpaired) electrons. The highest BCUT2D eigenvalue weighted by atomic mass is 14.9. The van der Waals surface area contributed by atoms with Gasteiger partial charge in [-0.15, -0.1) is 0 Å². The van der Waals surface area contributed by atoms with Crippen LogP contribution in [-0.2, 0) is 0 Å². The lowest BCUT2D eigenvalue weighted by Crippen LogP contribution is -2.30. The third kappa shape index (κ3) is 3.27. The predicted molar refractivity (Wildman–Crippen MR) is 61.4 cm³/mol. The van der Waals surface area contributed by atoms with Crippen LogP contribution in [0.3, 0.4) is 0 Å². The maximum atomic E-state index is 3.52. The quantitative estimate of drug-likeness (QED) is 0.728. The molecule has 0 amide bonds. The molecule has 1 saturated carbocycles. The fourth-order valence-electron chi connectivity index (χ4n) is 3.12. The van der Waals surface area contributed by atoms with Gasteiger partial charge in [-0.3, -0.25) is 0 Å². The van der Waals surface area contributed by atoms with Gasteiger partial charge >= 0.3 is 0 Å². The van der Waals surface area contributed by atoms with E-state index in [0.717, 1.165) is 11.8 Å². The summed E-state index contributed by atoms with van der Waals surface area (Å²) in [6, 6.07) is 0. The SMILES string of the molecule is C1CCC(CC[C@H]2CCCNC2)CC1. The molecular formula is C13H25N. The number of nitrogens with one attached hydrogen (secondary N) is 1.